The van der Waals surface area contributed by atoms with Gasteiger partial charge in [-0.1, -0.05) is 60.1 Å². The quantitative estimate of drug-likeness (QED) is 0.387. The number of hydrogen-bond donors (Lipinski definition) is 1. The van der Waals surface area contributed by atoms with Crippen LogP contribution in [0.3, 0.4) is 0 Å². The molecule has 0 saturated carbocycles. The first-order valence-electron chi connectivity index (χ1n) is 8.76. The number of hydrogen-bond acceptors (Lipinski definition) is 2. The average molecular weight is 376 g/mol. The number of aromatic nitrogens is 1. The van der Waals surface area contributed by atoms with Crippen LogP contribution in [0.25, 0.3) is 21.8 Å². The van der Waals surface area contributed by atoms with Crippen molar-refractivity contribution in [3.63, 3.8) is 0 Å². The number of benzene rings is 3. The van der Waals surface area contributed by atoms with Gasteiger partial charge in [0.25, 0.3) is 0 Å². The summed E-state index contributed by atoms with van der Waals surface area (Å²) >= 11 is 5.94. The maximum Gasteiger partial charge on any atom is 0.241 e. The highest BCUT2D eigenvalue weighted by Crippen LogP contribution is 2.28. The van der Waals surface area contributed by atoms with E-state index < -0.39 is 0 Å². The van der Waals surface area contributed by atoms with Gasteiger partial charge in [-0.15, -0.1) is 0 Å². The van der Waals surface area contributed by atoms with Gasteiger partial charge in [0.05, 0.1) is 6.21 Å². The molecule has 0 radical (unpaired) electrons. The molecule has 0 aliphatic rings. The van der Waals surface area contributed by atoms with E-state index in [1.807, 2.05) is 36.4 Å². The highest BCUT2D eigenvalue weighted by molar-refractivity contribution is 6.30. The molecule has 0 aliphatic heterocycles. The molecule has 0 unspecified atom stereocenters. The number of amides is 1. The number of carbonyl (C=O) groups is 1. The third-order valence-corrected chi connectivity index (χ3v) is 4.73. The van der Waals surface area contributed by atoms with Crippen molar-refractivity contribution in [1.82, 2.24) is 9.99 Å². The van der Waals surface area contributed by atoms with Crippen molar-refractivity contribution in [1.29, 1.82) is 0 Å². The second-order valence-electron chi connectivity index (χ2n) is 6.28. The molecule has 3 aromatic carbocycles. The van der Waals surface area contributed by atoms with Gasteiger partial charge < -0.3 is 4.57 Å². The molecule has 5 heteroatoms. The summed E-state index contributed by atoms with van der Waals surface area (Å²) in [5.41, 5.74) is 5.69. The fraction of sp³-hybridized carbons (Fsp3) is 0.0909. The molecule has 4 aromatic rings. The molecule has 0 aliphatic carbocycles. The SMILES string of the molecule is O=C(CCn1c2ccccc2c2ccccc21)NN=Cc1cccc(Cl)c1. The van der Waals surface area contributed by atoms with Crippen LogP contribution in [-0.4, -0.2) is 16.7 Å². The van der Waals surface area contributed by atoms with Crippen molar-refractivity contribution in [3.8, 4) is 0 Å². The fourth-order valence-corrected chi connectivity index (χ4v) is 3.48. The molecule has 27 heavy (non-hydrogen) atoms. The fourth-order valence-electron chi connectivity index (χ4n) is 3.28. The smallest absolute Gasteiger partial charge is 0.241 e. The van der Waals surface area contributed by atoms with Gasteiger partial charge in [0.15, 0.2) is 0 Å². The van der Waals surface area contributed by atoms with Crippen molar-refractivity contribution in [2.75, 3.05) is 0 Å². The summed E-state index contributed by atoms with van der Waals surface area (Å²) in [5.74, 6) is -0.129. The van der Waals surface area contributed by atoms with Gasteiger partial charge in [-0.05, 0) is 29.8 Å². The Balaban J connectivity index is 1.47. The average Bonchev–Trinajstić information content (AvgIpc) is 3.00. The van der Waals surface area contributed by atoms with Crippen molar-refractivity contribution in [2.24, 2.45) is 5.10 Å². The Hall–Kier alpha value is -3.11. The van der Waals surface area contributed by atoms with Crippen LogP contribution in [-0.2, 0) is 11.3 Å². The van der Waals surface area contributed by atoms with E-state index in [9.17, 15) is 4.79 Å². The molecule has 0 fully saturated rings. The Morgan fingerprint density at radius 2 is 1.63 bits per heavy atom. The number of para-hydroxylation sites is 2. The van der Waals surface area contributed by atoms with Gasteiger partial charge in [-0.25, -0.2) is 5.43 Å². The third-order valence-electron chi connectivity index (χ3n) is 4.49. The molecule has 0 spiro atoms. The van der Waals surface area contributed by atoms with E-state index in [1.54, 1.807) is 18.3 Å². The molecule has 0 bridgehead atoms. The number of fused-ring (bicyclic) bond motifs is 3. The molecular formula is C22H18ClN3O. The summed E-state index contributed by atoms with van der Waals surface area (Å²) in [4.78, 5) is 12.2. The van der Waals surface area contributed by atoms with E-state index in [1.165, 1.54) is 10.8 Å². The van der Waals surface area contributed by atoms with Crippen molar-refractivity contribution >= 4 is 45.5 Å². The number of aryl methyl sites for hydroxylation is 1. The van der Waals surface area contributed by atoms with E-state index in [0.717, 1.165) is 16.6 Å². The lowest BCUT2D eigenvalue weighted by molar-refractivity contribution is -0.121. The predicted octanol–water partition coefficient (Wildman–Crippen LogP) is 4.99. The van der Waals surface area contributed by atoms with Gasteiger partial charge in [0.1, 0.15) is 0 Å². The van der Waals surface area contributed by atoms with E-state index in [4.69, 9.17) is 11.6 Å². The minimum atomic E-state index is -0.129. The maximum absolute atomic E-state index is 12.2. The van der Waals surface area contributed by atoms with Crippen molar-refractivity contribution in [3.05, 3.63) is 83.4 Å². The molecule has 1 aromatic heterocycles. The molecule has 4 nitrogen and oxygen atoms in total. The van der Waals surface area contributed by atoms with Crippen LogP contribution < -0.4 is 5.43 Å². The zero-order valence-electron chi connectivity index (χ0n) is 14.6. The van der Waals surface area contributed by atoms with Crippen LogP contribution >= 0.6 is 11.6 Å². The molecule has 1 N–H and O–H groups in total. The van der Waals surface area contributed by atoms with Gasteiger partial charge >= 0.3 is 0 Å². The van der Waals surface area contributed by atoms with Crippen LogP contribution in [0, 0.1) is 0 Å². The Labute approximate surface area is 162 Å². The Bertz CT molecular complexity index is 1090. The molecule has 134 valence electrons. The largest absolute Gasteiger partial charge is 0.340 e. The summed E-state index contributed by atoms with van der Waals surface area (Å²) in [6, 6.07) is 23.8. The van der Waals surface area contributed by atoms with E-state index >= 15 is 0 Å². The second kappa shape index (κ2) is 7.64. The number of halogens is 1. The van der Waals surface area contributed by atoms with E-state index in [2.05, 4.69) is 39.4 Å². The van der Waals surface area contributed by atoms with Gasteiger partial charge in [0.2, 0.25) is 5.91 Å². The first-order valence-corrected chi connectivity index (χ1v) is 9.13. The van der Waals surface area contributed by atoms with Crippen LogP contribution in [0.5, 0.6) is 0 Å². The van der Waals surface area contributed by atoms with Gasteiger partial charge in [0, 0.05) is 39.8 Å². The molecule has 0 atom stereocenters. The highest BCUT2D eigenvalue weighted by Gasteiger charge is 2.10. The van der Waals surface area contributed by atoms with Crippen LogP contribution in [0.15, 0.2) is 77.9 Å². The maximum atomic E-state index is 12.2. The topological polar surface area (TPSA) is 46.4 Å². The lowest BCUT2D eigenvalue weighted by atomic mass is 10.2. The summed E-state index contributed by atoms with van der Waals surface area (Å²) < 4.78 is 2.19. The number of rotatable bonds is 5. The first kappa shape index (κ1) is 17.3. The minimum absolute atomic E-state index is 0.129. The van der Waals surface area contributed by atoms with Crippen molar-refractivity contribution < 1.29 is 4.79 Å². The lowest BCUT2D eigenvalue weighted by Gasteiger charge is -2.06. The number of nitrogens with zero attached hydrogens (tertiary/aromatic N) is 2. The second-order valence-corrected chi connectivity index (χ2v) is 6.72. The summed E-state index contributed by atoms with van der Waals surface area (Å²) in [6.45, 7) is 0.590. The first-order chi connectivity index (χ1) is 13.2. The third kappa shape index (κ3) is 3.71. The monoisotopic (exact) mass is 375 g/mol. The standard InChI is InChI=1S/C22H18ClN3O/c23-17-7-5-6-16(14-17)15-24-25-22(27)12-13-26-20-10-3-1-8-18(20)19-9-2-4-11-21(19)26/h1-11,14-15H,12-13H2,(H,25,27). The minimum Gasteiger partial charge on any atom is -0.340 e. The van der Waals surface area contributed by atoms with Crippen LogP contribution in [0.1, 0.15) is 12.0 Å². The Morgan fingerprint density at radius 3 is 2.30 bits per heavy atom. The summed E-state index contributed by atoms with van der Waals surface area (Å²) in [7, 11) is 0. The van der Waals surface area contributed by atoms with E-state index in [0.29, 0.717) is 18.0 Å². The molecule has 0 saturated heterocycles. The predicted molar refractivity (Wildman–Crippen MR) is 111 cm³/mol. The van der Waals surface area contributed by atoms with Crippen LogP contribution in [0.4, 0.5) is 0 Å². The molecular weight excluding hydrogens is 358 g/mol. The Morgan fingerprint density at radius 1 is 0.963 bits per heavy atom. The zero-order chi connectivity index (χ0) is 18.6. The molecule has 1 heterocycles. The highest BCUT2D eigenvalue weighted by atomic mass is 35.5. The molecule has 4 rings (SSSR count). The Kier molecular flexibility index (Phi) is 4.90. The van der Waals surface area contributed by atoms with Gasteiger partial charge in [-0.3, -0.25) is 4.79 Å². The number of carbonyl (C=O) groups excluding carboxylic acids is 1. The normalized spacial score (nSPS) is 11.4. The lowest BCUT2D eigenvalue weighted by Crippen LogP contribution is -2.19. The van der Waals surface area contributed by atoms with E-state index in [-0.39, 0.29) is 5.91 Å². The van der Waals surface area contributed by atoms with Crippen LogP contribution in [0.2, 0.25) is 5.02 Å². The summed E-state index contributed by atoms with van der Waals surface area (Å²) in [6.07, 6.45) is 1.93. The summed E-state index contributed by atoms with van der Waals surface area (Å²) in [5, 5.41) is 7.05. The number of nitrogens with one attached hydrogen (secondary N) is 1. The number of hydrazone groups is 1. The zero-order valence-corrected chi connectivity index (χ0v) is 15.4. The van der Waals surface area contributed by atoms with Crippen molar-refractivity contribution in [2.45, 2.75) is 13.0 Å². The van der Waals surface area contributed by atoms with Gasteiger partial charge in [-0.2, -0.15) is 5.10 Å². The molecule has 1 amide bonds.